The molecule has 0 amide bonds. The lowest BCUT2D eigenvalue weighted by Crippen LogP contribution is -2.23. The van der Waals surface area contributed by atoms with Crippen molar-refractivity contribution in [3.8, 4) is 0 Å². The van der Waals surface area contributed by atoms with Crippen LogP contribution in [0.4, 0.5) is 8.78 Å². The second-order valence-electron chi connectivity index (χ2n) is 4.48. The van der Waals surface area contributed by atoms with E-state index in [9.17, 15) is 8.78 Å². The zero-order valence-corrected chi connectivity index (χ0v) is 12.0. The van der Waals surface area contributed by atoms with Gasteiger partial charge in [-0.15, -0.1) is 21.5 Å². The molecule has 17 heavy (non-hydrogen) atoms. The van der Waals surface area contributed by atoms with Crippen LogP contribution in [0.5, 0.6) is 0 Å². The van der Waals surface area contributed by atoms with Crippen LogP contribution in [0.2, 0.25) is 0 Å². The first-order valence-corrected chi connectivity index (χ1v) is 7.60. The lowest BCUT2D eigenvalue weighted by atomic mass is 9.87. The molecule has 0 saturated heterocycles. The van der Waals surface area contributed by atoms with E-state index in [0.29, 0.717) is 12.8 Å². The Bertz CT molecular complexity index is 373. The molecule has 2 rings (SSSR count). The van der Waals surface area contributed by atoms with Crippen LogP contribution in [-0.2, 0) is 0 Å². The van der Waals surface area contributed by atoms with Gasteiger partial charge in [-0.1, -0.05) is 22.9 Å². The van der Waals surface area contributed by atoms with Crippen molar-refractivity contribution in [2.45, 2.75) is 55.7 Å². The zero-order valence-electron chi connectivity index (χ0n) is 9.63. The van der Waals surface area contributed by atoms with Crippen molar-refractivity contribution in [2.75, 3.05) is 0 Å². The summed E-state index contributed by atoms with van der Waals surface area (Å²) in [6.07, 6.45) is 1.98. The van der Waals surface area contributed by atoms with E-state index in [-0.39, 0.29) is 23.6 Å². The predicted molar refractivity (Wildman–Crippen MR) is 68.0 cm³/mol. The largest absolute Gasteiger partial charge is 0.248 e. The molecule has 2 nitrogen and oxygen atoms in total. The Morgan fingerprint density at radius 3 is 2.65 bits per heavy atom. The first-order chi connectivity index (χ1) is 8.02. The average Bonchev–Trinajstić information content (AvgIpc) is 2.77. The Balaban J connectivity index is 2.01. The van der Waals surface area contributed by atoms with Gasteiger partial charge >= 0.3 is 0 Å². The number of nitrogens with zero attached hydrogens (tertiary/aromatic N) is 2. The summed E-state index contributed by atoms with van der Waals surface area (Å²) in [6.45, 7) is 2.07. The molecule has 0 radical (unpaired) electrons. The minimum atomic E-state index is -2.47. The average molecular weight is 325 g/mol. The van der Waals surface area contributed by atoms with Crippen LogP contribution in [0.25, 0.3) is 0 Å². The fraction of sp³-hybridized carbons (Fsp3) is 0.818. The van der Waals surface area contributed by atoms with E-state index in [0.717, 1.165) is 16.4 Å². The van der Waals surface area contributed by atoms with E-state index in [2.05, 4.69) is 33.1 Å². The molecule has 1 saturated carbocycles. The minimum absolute atomic E-state index is 0.0158. The minimum Gasteiger partial charge on any atom is -0.207 e. The van der Waals surface area contributed by atoms with Gasteiger partial charge in [-0.3, -0.25) is 0 Å². The molecule has 1 aromatic rings. The molecule has 0 N–H and O–H groups in total. The third-order valence-corrected chi connectivity index (χ3v) is 5.73. The molecule has 1 fully saturated rings. The monoisotopic (exact) mass is 324 g/mol. The van der Waals surface area contributed by atoms with Crippen molar-refractivity contribution in [3.63, 3.8) is 0 Å². The van der Waals surface area contributed by atoms with Crippen LogP contribution in [0.15, 0.2) is 0 Å². The molecule has 1 unspecified atom stereocenters. The van der Waals surface area contributed by atoms with E-state index in [1.54, 1.807) is 11.3 Å². The summed E-state index contributed by atoms with van der Waals surface area (Å²) in [5, 5.41) is 10.2. The molecule has 1 aromatic heterocycles. The maximum absolute atomic E-state index is 13.0. The molecule has 6 heteroatoms. The number of hydrogen-bond acceptors (Lipinski definition) is 3. The van der Waals surface area contributed by atoms with Gasteiger partial charge in [0.2, 0.25) is 5.92 Å². The number of halogens is 3. The normalized spacial score (nSPS) is 22.6. The SMILES string of the molecule is CCC(Br)c1nnc(C2CCC(F)(F)CC2)s1. The summed E-state index contributed by atoms with van der Waals surface area (Å²) >= 11 is 5.09. The van der Waals surface area contributed by atoms with Crippen LogP contribution in [-0.4, -0.2) is 16.1 Å². The van der Waals surface area contributed by atoms with Gasteiger partial charge in [-0.2, -0.15) is 0 Å². The molecule has 1 atom stereocenters. The molecule has 1 aliphatic carbocycles. The maximum atomic E-state index is 13.0. The van der Waals surface area contributed by atoms with Crippen LogP contribution < -0.4 is 0 Å². The van der Waals surface area contributed by atoms with Crippen molar-refractivity contribution in [3.05, 3.63) is 10.0 Å². The predicted octanol–water partition coefficient (Wildman–Crippen LogP) is 4.68. The maximum Gasteiger partial charge on any atom is 0.248 e. The Hall–Kier alpha value is -0.100. The lowest BCUT2D eigenvalue weighted by molar-refractivity contribution is -0.0382. The van der Waals surface area contributed by atoms with Gasteiger partial charge in [0.25, 0.3) is 0 Å². The van der Waals surface area contributed by atoms with Crippen LogP contribution in [0.1, 0.15) is 59.8 Å². The quantitative estimate of drug-likeness (QED) is 0.754. The van der Waals surface area contributed by atoms with Crippen LogP contribution in [0, 0.1) is 0 Å². The van der Waals surface area contributed by atoms with Gasteiger partial charge in [0.15, 0.2) is 0 Å². The highest BCUT2D eigenvalue weighted by molar-refractivity contribution is 9.09. The fourth-order valence-electron chi connectivity index (χ4n) is 2.00. The molecular weight excluding hydrogens is 310 g/mol. The third kappa shape index (κ3) is 3.22. The third-order valence-electron chi connectivity index (χ3n) is 3.15. The molecule has 96 valence electrons. The molecule has 0 aromatic carbocycles. The highest BCUT2D eigenvalue weighted by atomic mass is 79.9. The Labute approximate surface area is 112 Å². The van der Waals surface area contributed by atoms with Gasteiger partial charge in [-0.05, 0) is 19.3 Å². The highest BCUT2D eigenvalue weighted by Gasteiger charge is 2.36. The Morgan fingerprint density at radius 1 is 1.41 bits per heavy atom. The lowest BCUT2D eigenvalue weighted by Gasteiger charge is -2.26. The van der Waals surface area contributed by atoms with Crippen LogP contribution >= 0.6 is 27.3 Å². The number of aromatic nitrogens is 2. The number of hydrogen-bond donors (Lipinski definition) is 0. The molecular formula is C11H15BrF2N2S. The highest BCUT2D eigenvalue weighted by Crippen LogP contribution is 2.42. The van der Waals surface area contributed by atoms with Crippen LogP contribution in [0.3, 0.4) is 0 Å². The van der Waals surface area contributed by atoms with E-state index < -0.39 is 5.92 Å². The van der Waals surface area contributed by atoms with Crippen molar-refractivity contribution in [1.29, 1.82) is 0 Å². The number of rotatable bonds is 3. The second-order valence-corrected chi connectivity index (χ2v) is 6.63. The van der Waals surface area contributed by atoms with Gasteiger partial charge < -0.3 is 0 Å². The van der Waals surface area contributed by atoms with Gasteiger partial charge in [0.05, 0.1) is 4.83 Å². The molecule has 0 spiro atoms. The first-order valence-electron chi connectivity index (χ1n) is 5.87. The first kappa shape index (κ1) is 13.3. The summed E-state index contributed by atoms with van der Waals surface area (Å²) in [7, 11) is 0. The molecule has 1 aliphatic rings. The zero-order chi connectivity index (χ0) is 12.5. The molecule has 1 heterocycles. The summed E-state index contributed by atoms with van der Waals surface area (Å²) < 4.78 is 26.1. The standard InChI is InChI=1S/C11H15BrF2N2S/c1-2-8(12)10-16-15-9(17-10)7-3-5-11(13,14)6-4-7/h7-8H,2-6H2,1H3. The summed E-state index contributed by atoms with van der Waals surface area (Å²) in [4.78, 5) is 0.235. The summed E-state index contributed by atoms with van der Waals surface area (Å²) in [6, 6.07) is 0. The Kier molecular flexibility index (Phi) is 4.13. The van der Waals surface area contributed by atoms with Crippen molar-refractivity contribution in [1.82, 2.24) is 10.2 Å². The van der Waals surface area contributed by atoms with Gasteiger partial charge in [0.1, 0.15) is 10.0 Å². The molecule has 0 bridgehead atoms. The van der Waals surface area contributed by atoms with E-state index >= 15 is 0 Å². The second kappa shape index (κ2) is 5.26. The summed E-state index contributed by atoms with van der Waals surface area (Å²) in [5.74, 6) is -2.29. The van der Waals surface area contributed by atoms with Crippen molar-refractivity contribution in [2.24, 2.45) is 0 Å². The van der Waals surface area contributed by atoms with E-state index in [1.807, 2.05) is 0 Å². The molecule has 0 aliphatic heterocycles. The summed E-state index contributed by atoms with van der Waals surface area (Å²) in [5.41, 5.74) is 0. The number of alkyl halides is 3. The van der Waals surface area contributed by atoms with Crippen molar-refractivity contribution >= 4 is 27.3 Å². The van der Waals surface area contributed by atoms with Gasteiger partial charge in [-0.25, -0.2) is 8.78 Å². The Morgan fingerprint density at radius 2 is 2.06 bits per heavy atom. The topological polar surface area (TPSA) is 25.8 Å². The van der Waals surface area contributed by atoms with E-state index in [1.165, 1.54) is 0 Å². The van der Waals surface area contributed by atoms with E-state index in [4.69, 9.17) is 0 Å². The smallest absolute Gasteiger partial charge is 0.207 e. The van der Waals surface area contributed by atoms with Gasteiger partial charge in [0, 0.05) is 18.8 Å². The fourth-order valence-corrected chi connectivity index (χ4v) is 3.45. The van der Waals surface area contributed by atoms with Crippen molar-refractivity contribution < 1.29 is 8.78 Å².